The Hall–Kier alpha value is -5.22. The van der Waals surface area contributed by atoms with Crippen molar-refractivity contribution in [3.8, 4) is 33.8 Å². The first-order valence-corrected chi connectivity index (χ1v) is 20.2. The molecule has 0 N–H and O–H groups in total. The Balaban J connectivity index is 1.33. The van der Waals surface area contributed by atoms with Crippen LogP contribution in [0.5, 0.6) is 11.5 Å². The Kier molecular flexibility index (Phi) is 6.40. The lowest BCUT2D eigenvalue weighted by Crippen LogP contribution is -2.62. The van der Waals surface area contributed by atoms with Gasteiger partial charge in [0.2, 0.25) is 0 Å². The Bertz CT molecular complexity index is 2780. The molecule has 6 aromatic carbocycles. The maximum Gasteiger partial charge on any atom is 0.333 e. The second kappa shape index (κ2) is 11.2. The van der Waals surface area contributed by atoms with Crippen molar-refractivity contribution in [3.05, 3.63) is 137 Å². The van der Waals surface area contributed by atoms with Gasteiger partial charge >= 0.3 is 6.85 Å². The van der Waals surface area contributed by atoms with Crippen LogP contribution in [0, 0.1) is 6.85 Å². The van der Waals surface area contributed by atoms with Crippen LogP contribution in [-0.2, 0) is 21.7 Å². The highest BCUT2D eigenvalue weighted by Crippen LogP contribution is 2.60. The molecule has 3 heterocycles. The van der Waals surface area contributed by atoms with Crippen LogP contribution in [0.3, 0.4) is 0 Å². The number of aryl methyl sites for hydroxylation is 1. The summed E-state index contributed by atoms with van der Waals surface area (Å²) in [4.78, 5) is 4.87. The lowest BCUT2D eigenvalue weighted by Gasteiger charge is -2.48. The van der Waals surface area contributed by atoms with Crippen molar-refractivity contribution in [1.82, 2.24) is 0 Å². The van der Waals surface area contributed by atoms with Crippen molar-refractivity contribution in [2.24, 2.45) is 0 Å². The Labute approximate surface area is 338 Å². The molecule has 6 aromatic rings. The van der Waals surface area contributed by atoms with Gasteiger partial charge in [0.1, 0.15) is 0 Å². The summed E-state index contributed by atoms with van der Waals surface area (Å²) in [6.45, 7) is 22.2. The van der Waals surface area contributed by atoms with E-state index in [9.17, 15) is 0 Å². The fourth-order valence-corrected chi connectivity index (χ4v) is 9.78. The average molecular weight is 736 g/mol. The zero-order chi connectivity index (χ0) is 41.9. The van der Waals surface area contributed by atoms with E-state index in [1.807, 2.05) is 12.1 Å². The van der Waals surface area contributed by atoms with Gasteiger partial charge in [-0.2, -0.15) is 0 Å². The molecular weight excluding hydrogens is 679 g/mol. The lowest BCUT2D eigenvalue weighted by molar-refractivity contribution is 0.474. The van der Waals surface area contributed by atoms with Crippen molar-refractivity contribution in [3.63, 3.8) is 0 Å². The number of rotatable bonds is 1. The van der Waals surface area contributed by atoms with Crippen LogP contribution in [0.4, 0.5) is 28.4 Å². The first kappa shape index (κ1) is 31.9. The third kappa shape index (κ3) is 4.90. The van der Waals surface area contributed by atoms with Crippen molar-refractivity contribution < 1.29 is 8.85 Å². The highest BCUT2D eigenvalue weighted by molar-refractivity contribution is 6.93. The number of anilines is 5. The zero-order valence-electron chi connectivity index (χ0n) is 37.7. The van der Waals surface area contributed by atoms with Gasteiger partial charge in [0.05, 0.1) is 11.4 Å². The molecule has 280 valence electrons. The van der Waals surface area contributed by atoms with Crippen LogP contribution in [0.2, 0.25) is 0 Å². The summed E-state index contributed by atoms with van der Waals surface area (Å²) in [5.41, 5.74) is 17.6. The maximum absolute atomic E-state index is 8.85. The molecule has 3 nitrogen and oxygen atoms in total. The second-order valence-corrected chi connectivity index (χ2v) is 20.1. The molecule has 1 aliphatic carbocycles. The quantitative estimate of drug-likeness (QED) is 0.156. The summed E-state index contributed by atoms with van der Waals surface area (Å²) < 4.78 is 33.7. The van der Waals surface area contributed by atoms with Crippen LogP contribution < -0.4 is 25.4 Å². The molecule has 0 unspecified atom stereocenters. The predicted octanol–water partition coefficient (Wildman–Crippen LogP) is 13.0. The minimum atomic E-state index is -2.33. The summed E-state index contributed by atoms with van der Waals surface area (Å²) in [6, 6.07) is 37.7. The normalized spacial score (nSPS) is 16.7. The van der Waals surface area contributed by atoms with Gasteiger partial charge < -0.3 is 14.4 Å². The maximum atomic E-state index is 8.85. The molecule has 3 aliphatic heterocycles. The fourth-order valence-electron chi connectivity index (χ4n) is 9.78. The third-order valence-corrected chi connectivity index (χ3v) is 13.0. The zero-order valence-corrected chi connectivity index (χ0v) is 34.7. The molecule has 0 spiro atoms. The van der Waals surface area contributed by atoms with Crippen LogP contribution in [0.15, 0.2) is 103 Å². The standard InChI is InChI=1S/C52H53BN2O/c1-30-23-37-38-25-33(51(8,9)10)27-46-48(38)55(43-29-40-36(28-45(43)56-46)35-15-13-14-16-39(35)52(40,11)12)53-41-22-19-32(50(5,6)7)26-42(41)54(44(24-30)47(37)53)34-20-17-31(18-21-34)49(2,3)4/h13-29H,1-12H3/i1D3. The molecule has 0 atom stereocenters. The summed E-state index contributed by atoms with van der Waals surface area (Å²) in [5.74, 6) is 1.63. The van der Waals surface area contributed by atoms with Gasteiger partial charge in [-0.05, 0) is 133 Å². The van der Waals surface area contributed by atoms with Crippen molar-refractivity contribution in [2.75, 3.05) is 9.71 Å². The SMILES string of the molecule is [2H]C([2H])([2H])c1cc2c3c(c1)N(c1ccc(C(C)(C)C)cc1)c1cc(C(C)(C)C)ccc1B3N1c3cc4c(cc3Oc3cc(C(C)(C)C)cc-2c31)-c1ccccc1C4(C)C. The highest BCUT2D eigenvalue weighted by Gasteiger charge is 2.49. The average Bonchev–Trinajstić information content (AvgIpc) is 3.38. The molecule has 0 radical (unpaired) electrons. The second-order valence-electron chi connectivity index (χ2n) is 20.1. The highest BCUT2D eigenvalue weighted by atomic mass is 16.5. The molecule has 4 aliphatic rings. The number of fused-ring (bicyclic) bond motifs is 9. The van der Waals surface area contributed by atoms with Crippen LogP contribution >= 0.6 is 0 Å². The van der Waals surface area contributed by atoms with Crippen molar-refractivity contribution in [1.29, 1.82) is 0 Å². The number of hydrogen-bond donors (Lipinski definition) is 0. The van der Waals surface area contributed by atoms with Gasteiger partial charge in [0.15, 0.2) is 11.5 Å². The monoisotopic (exact) mass is 735 g/mol. The summed E-state index contributed by atoms with van der Waals surface area (Å²) >= 11 is 0. The van der Waals surface area contributed by atoms with E-state index in [2.05, 4.69) is 177 Å². The third-order valence-electron chi connectivity index (χ3n) is 13.0. The minimum Gasteiger partial charge on any atom is -0.453 e. The van der Waals surface area contributed by atoms with E-state index >= 15 is 0 Å². The number of hydrogen-bond acceptors (Lipinski definition) is 3. The van der Waals surface area contributed by atoms with Gasteiger partial charge in [-0.25, -0.2) is 0 Å². The molecule has 0 amide bonds. The van der Waals surface area contributed by atoms with Crippen molar-refractivity contribution in [2.45, 2.75) is 105 Å². The molecular formula is C52H53BN2O. The predicted molar refractivity (Wildman–Crippen MR) is 239 cm³/mol. The number of ether oxygens (including phenoxy) is 1. The molecule has 0 saturated carbocycles. The largest absolute Gasteiger partial charge is 0.453 e. The van der Waals surface area contributed by atoms with Crippen LogP contribution in [0.25, 0.3) is 22.3 Å². The van der Waals surface area contributed by atoms with E-state index in [0.717, 1.165) is 62.1 Å². The Morgan fingerprint density at radius 1 is 0.571 bits per heavy atom. The van der Waals surface area contributed by atoms with Crippen LogP contribution in [-0.4, -0.2) is 6.85 Å². The van der Waals surface area contributed by atoms with Gasteiger partial charge in [-0.3, -0.25) is 0 Å². The number of nitrogens with zero attached hydrogens (tertiary/aromatic N) is 2. The molecule has 0 bridgehead atoms. The van der Waals surface area contributed by atoms with E-state index in [0.29, 0.717) is 5.56 Å². The molecule has 4 heteroatoms. The van der Waals surface area contributed by atoms with Gasteiger partial charge in [-0.1, -0.05) is 131 Å². The van der Waals surface area contributed by atoms with E-state index < -0.39 is 6.85 Å². The Morgan fingerprint density at radius 2 is 1.27 bits per heavy atom. The fraction of sp³-hybridized carbons (Fsp3) is 0.308. The van der Waals surface area contributed by atoms with Crippen molar-refractivity contribution >= 4 is 46.2 Å². The minimum absolute atomic E-state index is 0.0187. The molecule has 56 heavy (non-hydrogen) atoms. The molecule has 0 aromatic heterocycles. The topological polar surface area (TPSA) is 15.7 Å². The summed E-state index contributed by atoms with van der Waals surface area (Å²) in [5, 5.41) is 0. The number of benzene rings is 6. The van der Waals surface area contributed by atoms with Crippen LogP contribution in [0.1, 0.15) is 114 Å². The molecule has 0 saturated heterocycles. The first-order valence-electron chi connectivity index (χ1n) is 21.7. The summed E-state index contributed by atoms with van der Waals surface area (Å²) in [6.07, 6.45) is 0. The van der Waals surface area contributed by atoms with Gasteiger partial charge in [0.25, 0.3) is 0 Å². The smallest absolute Gasteiger partial charge is 0.333 e. The van der Waals surface area contributed by atoms with E-state index in [-0.39, 0.29) is 28.5 Å². The van der Waals surface area contributed by atoms with E-state index in [1.54, 1.807) is 0 Å². The molecule has 0 fully saturated rings. The van der Waals surface area contributed by atoms with Gasteiger partial charge in [-0.15, -0.1) is 0 Å². The van der Waals surface area contributed by atoms with E-state index in [4.69, 9.17) is 8.85 Å². The first-order chi connectivity index (χ1) is 27.5. The molecule has 10 rings (SSSR count). The van der Waals surface area contributed by atoms with Gasteiger partial charge in [0, 0.05) is 32.2 Å². The lowest BCUT2D eigenvalue weighted by atomic mass is 9.43. The van der Waals surface area contributed by atoms with E-state index in [1.165, 1.54) is 38.8 Å². The Morgan fingerprint density at radius 3 is 1.96 bits per heavy atom. The summed E-state index contributed by atoms with van der Waals surface area (Å²) in [7, 11) is 0.